The van der Waals surface area contributed by atoms with Gasteiger partial charge in [-0.15, -0.1) is 0 Å². The van der Waals surface area contributed by atoms with Crippen LogP contribution in [-0.4, -0.2) is 56.0 Å². The smallest absolute Gasteiger partial charge is 0.343 e. The van der Waals surface area contributed by atoms with E-state index in [0.29, 0.717) is 11.7 Å². The molecule has 3 fully saturated rings. The van der Waals surface area contributed by atoms with Crippen molar-refractivity contribution in [1.82, 2.24) is 4.90 Å². The number of para-hydroxylation sites is 1. The molecule has 0 radical (unpaired) electrons. The molecule has 3 aromatic rings. The summed E-state index contributed by atoms with van der Waals surface area (Å²) in [6.45, 7) is 2.13. The van der Waals surface area contributed by atoms with Crippen molar-refractivity contribution in [3.8, 4) is 5.75 Å². The van der Waals surface area contributed by atoms with E-state index in [1.165, 1.54) is 31.1 Å². The van der Waals surface area contributed by atoms with Gasteiger partial charge in [0, 0.05) is 23.7 Å². The number of piperidine rings is 3. The SMILES string of the molecule is COC(=O)COc1ccccc1/C=N/[C@@H]1C2CCN(CC2)[C@H]1C(c1ccccc1)c1ccccc1. The second-order valence-electron chi connectivity index (χ2n) is 9.33. The predicted octanol–water partition coefficient (Wildman–Crippen LogP) is 4.95. The number of esters is 1. The standard InChI is InChI=1S/C30H32N2O3/c1-34-27(33)21-35-26-15-9-8-14-25(26)20-31-29-24-16-18-32(19-17-24)30(29)28(22-10-4-2-5-11-22)23-12-6-3-7-13-23/h2-15,20,24,28-30H,16-19,21H2,1H3/b31-20+/t29-,30+/m1/s1. The average Bonchev–Trinajstić information content (AvgIpc) is 2.93. The normalized spacial score (nSPS) is 23.5. The zero-order valence-corrected chi connectivity index (χ0v) is 20.1. The van der Waals surface area contributed by atoms with Crippen LogP contribution in [0.1, 0.15) is 35.4 Å². The third kappa shape index (κ3) is 5.15. The summed E-state index contributed by atoms with van der Waals surface area (Å²) in [6.07, 6.45) is 4.30. The van der Waals surface area contributed by atoms with Crippen molar-refractivity contribution in [1.29, 1.82) is 0 Å². The van der Waals surface area contributed by atoms with Crippen LogP contribution in [0.5, 0.6) is 5.75 Å². The van der Waals surface area contributed by atoms with Gasteiger partial charge in [0.25, 0.3) is 0 Å². The maximum atomic E-state index is 11.6. The lowest BCUT2D eigenvalue weighted by atomic mass is 9.71. The van der Waals surface area contributed by atoms with Crippen LogP contribution >= 0.6 is 0 Å². The third-order valence-electron chi connectivity index (χ3n) is 7.37. The Balaban J connectivity index is 1.49. The molecule has 2 atom stereocenters. The van der Waals surface area contributed by atoms with E-state index in [2.05, 4.69) is 65.6 Å². The molecule has 0 amide bonds. The molecule has 5 nitrogen and oxygen atoms in total. The van der Waals surface area contributed by atoms with Crippen molar-refractivity contribution >= 4 is 12.2 Å². The van der Waals surface area contributed by atoms with Gasteiger partial charge in [-0.2, -0.15) is 0 Å². The second kappa shape index (κ2) is 10.9. The molecule has 0 spiro atoms. The molecule has 0 aromatic heterocycles. The molecule has 35 heavy (non-hydrogen) atoms. The van der Waals surface area contributed by atoms with Gasteiger partial charge in [-0.1, -0.05) is 72.8 Å². The molecule has 2 bridgehead atoms. The van der Waals surface area contributed by atoms with Crippen LogP contribution in [0.2, 0.25) is 0 Å². The number of aliphatic imine (C=N–C) groups is 1. The monoisotopic (exact) mass is 468 g/mol. The largest absolute Gasteiger partial charge is 0.481 e. The van der Waals surface area contributed by atoms with E-state index in [9.17, 15) is 4.79 Å². The number of benzene rings is 3. The summed E-state index contributed by atoms with van der Waals surface area (Å²) in [5.74, 6) is 1.04. The van der Waals surface area contributed by atoms with E-state index < -0.39 is 5.97 Å². The maximum Gasteiger partial charge on any atom is 0.343 e. The highest BCUT2D eigenvalue weighted by molar-refractivity contribution is 5.84. The van der Waals surface area contributed by atoms with Crippen molar-refractivity contribution in [3.63, 3.8) is 0 Å². The Morgan fingerprint density at radius 2 is 1.54 bits per heavy atom. The minimum atomic E-state index is -0.400. The van der Waals surface area contributed by atoms with E-state index >= 15 is 0 Å². The Hall–Kier alpha value is -3.44. The van der Waals surface area contributed by atoms with Crippen LogP contribution in [0.25, 0.3) is 0 Å². The van der Waals surface area contributed by atoms with Gasteiger partial charge < -0.3 is 9.47 Å². The Morgan fingerprint density at radius 1 is 0.943 bits per heavy atom. The minimum Gasteiger partial charge on any atom is -0.481 e. The summed E-state index contributed by atoms with van der Waals surface area (Å²) in [4.78, 5) is 19.5. The quantitative estimate of drug-likeness (QED) is 0.347. The molecule has 180 valence electrons. The van der Waals surface area contributed by atoms with E-state index in [4.69, 9.17) is 14.5 Å². The zero-order chi connectivity index (χ0) is 24.0. The highest BCUT2D eigenvalue weighted by Gasteiger charge is 2.46. The van der Waals surface area contributed by atoms with Crippen molar-refractivity contribution in [3.05, 3.63) is 102 Å². The summed E-state index contributed by atoms with van der Waals surface area (Å²) < 4.78 is 10.5. The van der Waals surface area contributed by atoms with E-state index in [1.54, 1.807) is 0 Å². The topological polar surface area (TPSA) is 51.1 Å². The first-order valence-corrected chi connectivity index (χ1v) is 12.4. The van der Waals surface area contributed by atoms with Gasteiger partial charge in [0.05, 0.1) is 13.2 Å². The molecule has 0 aliphatic carbocycles. The number of carbonyl (C=O) groups excluding carboxylic acids is 1. The van der Waals surface area contributed by atoms with Crippen LogP contribution in [0.15, 0.2) is 89.9 Å². The molecular weight excluding hydrogens is 436 g/mol. The first-order chi connectivity index (χ1) is 17.2. The van der Waals surface area contributed by atoms with Crippen molar-refractivity contribution in [2.45, 2.75) is 30.8 Å². The van der Waals surface area contributed by atoms with E-state index in [-0.39, 0.29) is 24.6 Å². The summed E-state index contributed by atoms with van der Waals surface area (Å²) >= 11 is 0. The third-order valence-corrected chi connectivity index (χ3v) is 7.37. The van der Waals surface area contributed by atoms with E-state index in [1.807, 2.05) is 30.5 Å². The number of methoxy groups -OCH3 is 1. The van der Waals surface area contributed by atoms with Gasteiger partial charge in [-0.05, 0) is 55.1 Å². The molecular formula is C30H32N2O3. The fraction of sp³-hybridized carbons (Fsp3) is 0.333. The number of hydrogen-bond donors (Lipinski definition) is 0. The van der Waals surface area contributed by atoms with Crippen LogP contribution in [0, 0.1) is 5.92 Å². The van der Waals surface area contributed by atoms with Crippen molar-refractivity contribution in [2.24, 2.45) is 10.9 Å². The Kier molecular flexibility index (Phi) is 7.24. The highest BCUT2D eigenvalue weighted by atomic mass is 16.6. The van der Waals surface area contributed by atoms with Crippen LogP contribution in [-0.2, 0) is 9.53 Å². The van der Waals surface area contributed by atoms with Gasteiger partial charge in [0.2, 0.25) is 0 Å². The van der Waals surface area contributed by atoms with Gasteiger partial charge in [0.1, 0.15) is 5.75 Å². The number of nitrogens with zero attached hydrogens (tertiary/aromatic N) is 2. The molecule has 0 unspecified atom stereocenters. The van der Waals surface area contributed by atoms with E-state index in [0.717, 1.165) is 18.7 Å². The lowest BCUT2D eigenvalue weighted by Gasteiger charge is -2.52. The van der Waals surface area contributed by atoms with Crippen LogP contribution in [0.4, 0.5) is 0 Å². The summed E-state index contributed by atoms with van der Waals surface area (Å²) in [5, 5.41) is 0. The first-order valence-electron chi connectivity index (χ1n) is 12.4. The van der Waals surface area contributed by atoms with Gasteiger partial charge in [-0.25, -0.2) is 4.79 Å². The number of rotatable bonds is 8. The first kappa shape index (κ1) is 23.3. The minimum absolute atomic E-state index is 0.117. The summed E-state index contributed by atoms with van der Waals surface area (Å²) in [5.41, 5.74) is 3.54. The van der Waals surface area contributed by atoms with Gasteiger partial charge in [0.15, 0.2) is 6.61 Å². The van der Waals surface area contributed by atoms with Gasteiger partial charge >= 0.3 is 5.97 Å². The van der Waals surface area contributed by atoms with Gasteiger partial charge in [-0.3, -0.25) is 9.89 Å². The fourth-order valence-electron chi connectivity index (χ4n) is 5.66. The number of carbonyl (C=O) groups is 1. The Morgan fingerprint density at radius 3 is 2.17 bits per heavy atom. The lowest BCUT2D eigenvalue weighted by Crippen LogP contribution is -2.59. The van der Waals surface area contributed by atoms with Crippen LogP contribution < -0.4 is 4.74 Å². The molecule has 3 aromatic carbocycles. The Bertz CT molecular complexity index is 1100. The molecule has 3 aliphatic heterocycles. The number of hydrogen-bond acceptors (Lipinski definition) is 5. The van der Waals surface area contributed by atoms with Crippen LogP contribution in [0.3, 0.4) is 0 Å². The number of fused-ring (bicyclic) bond motifs is 3. The maximum absolute atomic E-state index is 11.6. The summed E-state index contributed by atoms with van der Waals surface area (Å²) in [6, 6.07) is 29.9. The molecule has 0 N–H and O–H groups in total. The second-order valence-corrected chi connectivity index (χ2v) is 9.33. The summed E-state index contributed by atoms with van der Waals surface area (Å²) in [7, 11) is 1.36. The predicted molar refractivity (Wildman–Crippen MR) is 138 cm³/mol. The molecule has 3 heterocycles. The lowest BCUT2D eigenvalue weighted by molar-refractivity contribution is -0.142. The molecule has 0 saturated carbocycles. The van der Waals surface area contributed by atoms with Crippen molar-refractivity contribution in [2.75, 3.05) is 26.8 Å². The highest BCUT2D eigenvalue weighted by Crippen LogP contribution is 2.43. The molecule has 3 aliphatic rings. The molecule has 5 heteroatoms. The molecule has 3 saturated heterocycles. The number of ether oxygens (including phenoxy) is 2. The average molecular weight is 469 g/mol. The fourth-order valence-corrected chi connectivity index (χ4v) is 5.66. The molecule has 6 rings (SSSR count). The Labute approximate surface area is 207 Å². The van der Waals surface area contributed by atoms with Crippen molar-refractivity contribution < 1.29 is 14.3 Å². The zero-order valence-electron chi connectivity index (χ0n) is 20.1.